The molecule has 1 fully saturated rings. The molecule has 5 rings (SSSR count). The normalized spacial score (nSPS) is 18.1. The Morgan fingerprint density at radius 3 is 2.93 bits per heavy atom. The lowest BCUT2D eigenvalue weighted by molar-refractivity contribution is -0.605. The summed E-state index contributed by atoms with van der Waals surface area (Å²) in [6.45, 7) is 0.582. The van der Waals surface area contributed by atoms with Crippen LogP contribution < -0.4 is 10.0 Å². The van der Waals surface area contributed by atoms with Gasteiger partial charge in [-0.15, -0.1) is 0 Å². The summed E-state index contributed by atoms with van der Waals surface area (Å²) in [6, 6.07) is 3.74. The van der Waals surface area contributed by atoms with Crippen LogP contribution in [0.4, 0.5) is 5.82 Å². The molecule has 0 bridgehead atoms. The predicted molar refractivity (Wildman–Crippen MR) is 106 cm³/mol. The van der Waals surface area contributed by atoms with E-state index in [4.69, 9.17) is 4.98 Å². The van der Waals surface area contributed by atoms with Gasteiger partial charge < -0.3 is 10.5 Å². The van der Waals surface area contributed by atoms with E-state index in [0.717, 1.165) is 32.7 Å². The second kappa shape index (κ2) is 6.48. The van der Waals surface area contributed by atoms with E-state index in [1.54, 1.807) is 12.3 Å². The molecule has 0 unspecified atom stereocenters. The van der Waals surface area contributed by atoms with Crippen molar-refractivity contribution >= 4 is 27.4 Å². The summed E-state index contributed by atoms with van der Waals surface area (Å²) in [6.07, 6.45) is 13.5. The molecule has 140 valence electrons. The van der Waals surface area contributed by atoms with Crippen LogP contribution in [0.1, 0.15) is 55.3 Å². The van der Waals surface area contributed by atoms with Crippen LogP contribution >= 0.6 is 15.9 Å². The summed E-state index contributed by atoms with van der Waals surface area (Å²) in [5.41, 5.74) is 4.62. The highest BCUT2D eigenvalue weighted by Crippen LogP contribution is 2.50. The maximum atomic E-state index is 11.6. The van der Waals surface area contributed by atoms with E-state index >= 15 is 0 Å². The SMILES string of the molecule is [O-][n+]1cccc(CNc2c3c(nc4c(Br)cnn24)C2(CCCCC2)CC3)c1. The number of nitrogens with one attached hydrogen (secondary N) is 1. The van der Waals surface area contributed by atoms with E-state index in [0.29, 0.717) is 6.54 Å². The molecular formula is C20H22BrN5O. The highest BCUT2D eigenvalue weighted by atomic mass is 79.9. The van der Waals surface area contributed by atoms with Crippen molar-refractivity contribution in [3.8, 4) is 0 Å². The second-order valence-corrected chi connectivity index (χ2v) is 8.64. The molecular weight excluding hydrogens is 406 g/mol. The molecule has 2 aliphatic rings. The van der Waals surface area contributed by atoms with Crippen LogP contribution in [-0.2, 0) is 18.4 Å². The molecule has 0 radical (unpaired) electrons. The first-order valence-corrected chi connectivity index (χ1v) is 10.4. The molecule has 7 heteroatoms. The molecule has 3 heterocycles. The summed E-state index contributed by atoms with van der Waals surface area (Å²) < 4.78 is 3.66. The number of hydrogen-bond acceptors (Lipinski definition) is 4. The van der Waals surface area contributed by atoms with Crippen molar-refractivity contribution in [2.75, 3.05) is 5.32 Å². The fourth-order valence-electron chi connectivity index (χ4n) is 4.85. The number of hydrogen-bond donors (Lipinski definition) is 1. The number of rotatable bonds is 3. The van der Waals surface area contributed by atoms with E-state index in [1.807, 2.05) is 16.8 Å². The first-order chi connectivity index (χ1) is 13.2. The average molecular weight is 428 g/mol. The van der Waals surface area contributed by atoms with Gasteiger partial charge in [0.15, 0.2) is 18.0 Å². The molecule has 0 aliphatic heterocycles. The van der Waals surface area contributed by atoms with Gasteiger partial charge in [-0.05, 0) is 47.7 Å². The highest BCUT2D eigenvalue weighted by Gasteiger charge is 2.43. The van der Waals surface area contributed by atoms with Gasteiger partial charge in [0.05, 0.1) is 16.4 Å². The zero-order valence-electron chi connectivity index (χ0n) is 15.1. The maximum absolute atomic E-state index is 11.6. The van der Waals surface area contributed by atoms with Crippen LogP contribution in [0.2, 0.25) is 0 Å². The Balaban J connectivity index is 1.59. The van der Waals surface area contributed by atoms with Crippen LogP contribution in [0.15, 0.2) is 35.2 Å². The molecule has 6 nitrogen and oxygen atoms in total. The summed E-state index contributed by atoms with van der Waals surface area (Å²) >= 11 is 3.61. The van der Waals surface area contributed by atoms with Gasteiger partial charge in [-0.25, -0.2) is 4.98 Å². The largest absolute Gasteiger partial charge is 0.619 e. The van der Waals surface area contributed by atoms with E-state index in [-0.39, 0.29) is 5.41 Å². The van der Waals surface area contributed by atoms with Crippen molar-refractivity contribution in [3.05, 3.63) is 57.2 Å². The smallest absolute Gasteiger partial charge is 0.185 e. The molecule has 0 amide bonds. The minimum atomic E-state index is 0.236. The lowest BCUT2D eigenvalue weighted by atomic mass is 9.72. The van der Waals surface area contributed by atoms with Crippen molar-refractivity contribution in [3.63, 3.8) is 0 Å². The van der Waals surface area contributed by atoms with Crippen molar-refractivity contribution in [1.29, 1.82) is 0 Å². The first kappa shape index (κ1) is 17.0. The number of halogens is 1. The summed E-state index contributed by atoms with van der Waals surface area (Å²) in [5.74, 6) is 1.02. The van der Waals surface area contributed by atoms with Gasteiger partial charge in [-0.2, -0.15) is 14.3 Å². The zero-order valence-corrected chi connectivity index (χ0v) is 16.7. The van der Waals surface area contributed by atoms with Gasteiger partial charge in [-0.1, -0.05) is 19.3 Å². The van der Waals surface area contributed by atoms with Crippen LogP contribution in [0.5, 0.6) is 0 Å². The number of anilines is 1. The van der Waals surface area contributed by atoms with E-state index in [2.05, 4.69) is 26.3 Å². The number of pyridine rings is 1. The lowest BCUT2D eigenvalue weighted by Gasteiger charge is -2.33. The van der Waals surface area contributed by atoms with Gasteiger partial charge in [0.1, 0.15) is 5.82 Å². The zero-order chi connectivity index (χ0) is 18.4. The number of nitrogens with zero attached hydrogens (tertiary/aromatic N) is 4. The third-order valence-electron chi connectivity index (χ3n) is 6.16. The Hall–Kier alpha value is -2.15. The fourth-order valence-corrected chi connectivity index (χ4v) is 5.19. The first-order valence-electron chi connectivity index (χ1n) is 9.64. The summed E-state index contributed by atoms with van der Waals surface area (Å²) in [4.78, 5) is 5.08. The Morgan fingerprint density at radius 1 is 1.26 bits per heavy atom. The molecule has 1 spiro atoms. The molecule has 0 atom stereocenters. The Labute approximate surface area is 166 Å². The summed E-state index contributed by atoms with van der Waals surface area (Å²) in [7, 11) is 0. The summed E-state index contributed by atoms with van der Waals surface area (Å²) in [5, 5.41) is 19.7. The molecule has 2 aliphatic carbocycles. The molecule has 0 saturated heterocycles. The average Bonchev–Trinajstić information content (AvgIpc) is 3.22. The van der Waals surface area contributed by atoms with Crippen LogP contribution in [-0.4, -0.2) is 14.6 Å². The Kier molecular flexibility index (Phi) is 4.07. The van der Waals surface area contributed by atoms with Crippen molar-refractivity contribution in [2.24, 2.45) is 0 Å². The number of aromatic nitrogens is 4. The molecule has 3 aromatic rings. The lowest BCUT2D eigenvalue weighted by Crippen LogP contribution is -2.27. The van der Waals surface area contributed by atoms with Gasteiger partial charge in [0, 0.05) is 29.2 Å². The molecule has 27 heavy (non-hydrogen) atoms. The number of fused-ring (bicyclic) bond motifs is 3. The third-order valence-corrected chi connectivity index (χ3v) is 6.72. The van der Waals surface area contributed by atoms with Crippen molar-refractivity contribution in [2.45, 2.75) is 56.9 Å². The maximum Gasteiger partial charge on any atom is 0.185 e. The van der Waals surface area contributed by atoms with E-state index in [1.165, 1.54) is 56.0 Å². The van der Waals surface area contributed by atoms with Gasteiger partial charge in [0.25, 0.3) is 0 Å². The molecule has 1 N–H and O–H groups in total. The minimum absolute atomic E-state index is 0.236. The minimum Gasteiger partial charge on any atom is -0.619 e. The molecule has 3 aromatic heterocycles. The van der Waals surface area contributed by atoms with Gasteiger partial charge >= 0.3 is 0 Å². The van der Waals surface area contributed by atoms with Crippen LogP contribution in [0.3, 0.4) is 0 Å². The van der Waals surface area contributed by atoms with Crippen molar-refractivity contribution < 1.29 is 4.73 Å². The fraction of sp³-hybridized carbons (Fsp3) is 0.450. The van der Waals surface area contributed by atoms with Gasteiger partial charge in [-0.3, -0.25) is 0 Å². The van der Waals surface area contributed by atoms with E-state index < -0.39 is 0 Å². The Bertz CT molecular complexity index is 1010. The van der Waals surface area contributed by atoms with E-state index in [9.17, 15) is 5.21 Å². The quantitative estimate of drug-likeness (QED) is 0.508. The van der Waals surface area contributed by atoms with Crippen LogP contribution in [0, 0.1) is 5.21 Å². The van der Waals surface area contributed by atoms with Crippen LogP contribution in [0.25, 0.3) is 5.65 Å². The topological polar surface area (TPSA) is 69.2 Å². The highest BCUT2D eigenvalue weighted by molar-refractivity contribution is 9.10. The Morgan fingerprint density at radius 2 is 2.11 bits per heavy atom. The monoisotopic (exact) mass is 427 g/mol. The van der Waals surface area contributed by atoms with Gasteiger partial charge in [0.2, 0.25) is 0 Å². The standard InChI is InChI=1S/C20H22BrN5O/c21-16-12-23-26-18(22-11-14-5-4-10-25(27)13-14)15-6-9-20(7-2-1-3-8-20)17(15)24-19(16)26/h4-5,10,12-13,22H,1-3,6-9,11H2. The third kappa shape index (κ3) is 2.79. The second-order valence-electron chi connectivity index (χ2n) is 7.78. The molecule has 1 saturated carbocycles. The van der Waals surface area contributed by atoms with Crippen molar-refractivity contribution in [1.82, 2.24) is 14.6 Å². The molecule has 0 aromatic carbocycles. The predicted octanol–water partition coefficient (Wildman–Crippen LogP) is 3.89.